The lowest BCUT2D eigenvalue weighted by Crippen LogP contribution is -2.55. The number of hydrogen-bond donors (Lipinski definition) is 2. The number of nitrogens with zero attached hydrogens (tertiary/aromatic N) is 1. The van der Waals surface area contributed by atoms with Gasteiger partial charge >= 0.3 is 0 Å². The minimum Gasteiger partial charge on any atom is -0.350 e. The Morgan fingerprint density at radius 1 is 1.33 bits per heavy atom. The molecule has 4 heteroatoms. The zero-order valence-electron chi connectivity index (χ0n) is 11.9. The summed E-state index contributed by atoms with van der Waals surface area (Å²) in [6, 6.07) is 5.76. The van der Waals surface area contributed by atoms with Gasteiger partial charge in [0, 0.05) is 11.2 Å². The first-order chi connectivity index (χ1) is 8.14. The first-order valence-electron chi connectivity index (χ1n) is 6.14. The molecule has 1 aromatic rings. The van der Waals surface area contributed by atoms with E-state index in [2.05, 4.69) is 10.3 Å². The summed E-state index contributed by atoms with van der Waals surface area (Å²) < 4.78 is 0. The molecule has 0 aromatic carbocycles. The van der Waals surface area contributed by atoms with Crippen molar-refractivity contribution < 1.29 is 4.79 Å². The number of aryl methyl sites for hydroxylation is 1. The lowest BCUT2D eigenvalue weighted by atomic mass is 9.74. The Kier molecular flexibility index (Phi) is 4.12. The van der Waals surface area contributed by atoms with Crippen LogP contribution in [0, 0.1) is 12.3 Å². The average Bonchev–Trinajstić information content (AvgIpc) is 2.24. The van der Waals surface area contributed by atoms with E-state index in [9.17, 15) is 4.79 Å². The fraction of sp³-hybridized carbons (Fsp3) is 0.571. The van der Waals surface area contributed by atoms with E-state index in [0.717, 1.165) is 11.4 Å². The number of hydrogen-bond acceptors (Lipinski definition) is 3. The second-order valence-electron chi connectivity index (χ2n) is 5.80. The van der Waals surface area contributed by atoms with E-state index in [0.29, 0.717) is 6.54 Å². The highest BCUT2D eigenvalue weighted by Gasteiger charge is 2.40. The van der Waals surface area contributed by atoms with Crippen LogP contribution in [-0.2, 0) is 11.3 Å². The van der Waals surface area contributed by atoms with Crippen molar-refractivity contribution in [2.45, 2.75) is 46.7 Å². The third kappa shape index (κ3) is 3.29. The van der Waals surface area contributed by atoms with Crippen molar-refractivity contribution >= 4 is 5.91 Å². The van der Waals surface area contributed by atoms with Gasteiger partial charge in [0.25, 0.3) is 0 Å². The first-order valence-corrected chi connectivity index (χ1v) is 6.14. The van der Waals surface area contributed by atoms with Gasteiger partial charge in [0.1, 0.15) is 0 Å². The summed E-state index contributed by atoms with van der Waals surface area (Å²) in [5, 5.41) is 2.89. The van der Waals surface area contributed by atoms with Gasteiger partial charge in [0.05, 0.1) is 17.7 Å². The molecule has 0 aliphatic heterocycles. The van der Waals surface area contributed by atoms with Gasteiger partial charge in [-0.15, -0.1) is 0 Å². The van der Waals surface area contributed by atoms with E-state index in [-0.39, 0.29) is 5.91 Å². The summed E-state index contributed by atoms with van der Waals surface area (Å²) in [5.41, 5.74) is 6.63. The Hall–Kier alpha value is -1.42. The van der Waals surface area contributed by atoms with E-state index >= 15 is 0 Å². The second-order valence-corrected chi connectivity index (χ2v) is 5.80. The van der Waals surface area contributed by atoms with E-state index < -0.39 is 11.0 Å². The van der Waals surface area contributed by atoms with Crippen molar-refractivity contribution in [1.29, 1.82) is 0 Å². The molecule has 0 aliphatic rings. The van der Waals surface area contributed by atoms with Crippen molar-refractivity contribution in [3.05, 3.63) is 29.6 Å². The first kappa shape index (κ1) is 14.6. The number of pyridine rings is 1. The van der Waals surface area contributed by atoms with Crippen LogP contribution in [0.1, 0.15) is 39.1 Å². The molecule has 1 amide bonds. The topological polar surface area (TPSA) is 68.0 Å². The van der Waals surface area contributed by atoms with Gasteiger partial charge in [-0.2, -0.15) is 0 Å². The van der Waals surface area contributed by atoms with Crippen molar-refractivity contribution in [1.82, 2.24) is 10.3 Å². The minimum atomic E-state index is -0.628. The lowest BCUT2D eigenvalue weighted by molar-refractivity contribution is -0.132. The number of nitrogens with one attached hydrogen (secondary N) is 1. The molecule has 1 rings (SSSR count). The summed E-state index contributed by atoms with van der Waals surface area (Å²) in [4.78, 5) is 16.5. The molecule has 0 saturated carbocycles. The highest BCUT2D eigenvalue weighted by molar-refractivity contribution is 5.83. The lowest BCUT2D eigenvalue weighted by Gasteiger charge is -2.36. The molecule has 0 fully saturated rings. The predicted octanol–water partition coefficient (Wildman–Crippen LogP) is 1.77. The number of carbonyl (C=O) groups is 1. The summed E-state index contributed by atoms with van der Waals surface area (Å²) in [5.74, 6) is -0.0571. The van der Waals surface area contributed by atoms with Gasteiger partial charge in [-0.05, 0) is 46.8 Å². The number of rotatable bonds is 4. The summed E-state index contributed by atoms with van der Waals surface area (Å²) in [6.45, 7) is 9.78. The van der Waals surface area contributed by atoms with Gasteiger partial charge in [0.15, 0.2) is 0 Å². The zero-order valence-corrected chi connectivity index (χ0v) is 11.9. The average molecular weight is 249 g/mol. The van der Waals surface area contributed by atoms with Crippen LogP contribution in [0.4, 0.5) is 0 Å². The predicted molar refractivity (Wildman–Crippen MR) is 72.9 cm³/mol. The van der Waals surface area contributed by atoms with E-state index in [1.165, 1.54) is 0 Å². The summed E-state index contributed by atoms with van der Waals surface area (Å²) in [6.07, 6.45) is 0. The van der Waals surface area contributed by atoms with Gasteiger partial charge in [-0.1, -0.05) is 6.07 Å². The van der Waals surface area contributed by atoms with E-state index in [1.807, 2.05) is 52.8 Å². The van der Waals surface area contributed by atoms with Crippen LogP contribution in [0.2, 0.25) is 0 Å². The molecule has 0 bridgehead atoms. The minimum absolute atomic E-state index is 0.0571. The van der Waals surface area contributed by atoms with Crippen LogP contribution in [0.25, 0.3) is 0 Å². The van der Waals surface area contributed by atoms with Crippen LogP contribution in [-0.4, -0.2) is 16.4 Å². The Morgan fingerprint density at radius 2 is 1.94 bits per heavy atom. The number of nitrogens with two attached hydrogens (primary N) is 1. The highest BCUT2D eigenvalue weighted by Crippen LogP contribution is 2.28. The quantitative estimate of drug-likeness (QED) is 0.854. The van der Waals surface area contributed by atoms with Crippen LogP contribution >= 0.6 is 0 Å². The maximum atomic E-state index is 12.2. The molecule has 0 atom stereocenters. The van der Waals surface area contributed by atoms with Crippen LogP contribution < -0.4 is 11.1 Å². The smallest absolute Gasteiger partial charge is 0.227 e. The SMILES string of the molecule is Cc1cccc(CNC(=O)C(C)(C)C(C)(C)N)n1. The molecule has 0 saturated heterocycles. The molecule has 0 spiro atoms. The molecular weight excluding hydrogens is 226 g/mol. The maximum absolute atomic E-state index is 12.2. The van der Waals surface area contributed by atoms with Crippen LogP contribution in [0.15, 0.2) is 18.2 Å². The van der Waals surface area contributed by atoms with Crippen molar-refractivity contribution in [3.8, 4) is 0 Å². The van der Waals surface area contributed by atoms with Gasteiger partial charge in [-0.3, -0.25) is 9.78 Å². The van der Waals surface area contributed by atoms with Gasteiger partial charge in [0.2, 0.25) is 5.91 Å². The summed E-state index contributed by atoms with van der Waals surface area (Å²) >= 11 is 0. The maximum Gasteiger partial charge on any atom is 0.227 e. The van der Waals surface area contributed by atoms with Crippen molar-refractivity contribution in [2.75, 3.05) is 0 Å². The van der Waals surface area contributed by atoms with Gasteiger partial charge < -0.3 is 11.1 Å². The van der Waals surface area contributed by atoms with Crippen LogP contribution in [0.3, 0.4) is 0 Å². The third-order valence-corrected chi connectivity index (χ3v) is 3.55. The monoisotopic (exact) mass is 249 g/mol. The van der Waals surface area contributed by atoms with Crippen LogP contribution in [0.5, 0.6) is 0 Å². The van der Waals surface area contributed by atoms with E-state index in [1.54, 1.807) is 0 Å². The van der Waals surface area contributed by atoms with E-state index in [4.69, 9.17) is 5.73 Å². The molecule has 0 radical (unpaired) electrons. The molecule has 100 valence electrons. The van der Waals surface area contributed by atoms with Gasteiger partial charge in [-0.25, -0.2) is 0 Å². The number of carbonyl (C=O) groups excluding carboxylic acids is 1. The fourth-order valence-corrected chi connectivity index (χ4v) is 1.38. The molecule has 4 nitrogen and oxygen atoms in total. The standard InChI is InChI=1S/C14H23N3O/c1-10-7-6-8-11(17-10)9-16-12(18)13(2,3)14(4,5)15/h6-8H,9,15H2,1-5H3,(H,16,18). The molecule has 0 unspecified atom stereocenters. The molecule has 0 aliphatic carbocycles. The Morgan fingerprint density at radius 3 is 2.44 bits per heavy atom. The zero-order chi connectivity index (χ0) is 14.0. The Bertz CT molecular complexity index is 433. The third-order valence-electron chi connectivity index (χ3n) is 3.55. The Balaban J connectivity index is 2.67. The fourth-order valence-electron chi connectivity index (χ4n) is 1.38. The number of amides is 1. The molecule has 1 heterocycles. The second kappa shape index (κ2) is 5.06. The summed E-state index contributed by atoms with van der Waals surface area (Å²) in [7, 11) is 0. The van der Waals surface area contributed by atoms with Crippen molar-refractivity contribution in [2.24, 2.45) is 11.1 Å². The molecular formula is C14H23N3O. The Labute approximate surface area is 109 Å². The molecule has 3 N–H and O–H groups in total. The highest BCUT2D eigenvalue weighted by atomic mass is 16.2. The number of aromatic nitrogens is 1. The van der Waals surface area contributed by atoms with Crippen molar-refractivity contribution in [3.63, 3.8) is 0 Å². The molecule has 1 aromatic heterocycles. The normalized spacial score (nSPS) is 12.3. The largest absolute Gasteiger partial charge is 0.350 e. The molecule has 18 heavy (non-hydrogen) atoms.